The second-order valence-electron chi connectivity index (χ2n) is 10.4. The zero-order chi connectivity index (χ0) is 29.6. The molecule has 42 heavy (non-hydrogen) atoms. The Morgan fingerprint density at radius 1 is 1.12 bits per heavy atom. The van der Waals surface area contributed by atoms with Gasteiger partial charge >= 0.3 is 0 Å². The van der Waals surface area contributed by atoms with Gasteiger partial charge in [-0.3, -0.25) is 4.72 Å². The first-order valence-electron chi connectivity index (χ1n) is 13.5. The third-order valence-corrected chi connectivity index (χ3v) is 9.43. The van der Waals surface area contributed by atoms with Crippen molar-refractivity contribution in [3.63, 3.8) is 0 Å². The smallest absolute Gasteiger partial charge is 0.262 e. The summed E-state index contributed by atoms with van der Waals surface area (Å²) >= 11 is 6.28. The fourth-order valence-corrected chi connectivity index (χ4v) is 7.37. The van der Waals surface area contributed by atoms with Crippen molar-refractivity contribution < 1.29 is 27.0 Å². The van der Waals surface area contributed by atoms with Crippen LogP contribution in [0.2, 0.25) is 5.02 Å². The Hall–Kier alpha value is -3.58. The molecule has 1 atom stereocenters. The van der Waals surface area contributed by atoms with E-state index in [0.29, 0.717) is 22.4 Å². The Labute approximate surface area is 246 Å². The Kier molecular flexibility index (Phi) is 7.64. The van der Waals surface area contributed by atoms with Crippen LogP contribution in [0.3, 0.4) is 0 Å². The first kappa shape index (κ1) is 28.5. The monoisotopic (exact) mass is 615 g/mol. The average molecular weight is 616 g/mol. The molecule has 0 spiro atoms. The minimum atomic E-state index is -4.39. The molecule has 1 unspecified atom stereocenters. The van der Waals surface area contributed by atoms with Gasteiger partial charge in [0.2, 0.25) is 5.95 Å². The highest BCUT2D eigenvalue weighted by molar-refractivity contribution is 7.92. The van der Waals surface area contributed by atoms with Crippen LogP contribution in [0.1, 0.15) is 36.5 Å². The minimum Gasteiger partial charge on any atom is -0.495 e. The first-order valence-corrected chi connectivity index (χ1v) is 15.3. The number of benzene rings is 3. The van der Waals surface area contributed by atoms with E-state index in [4.69, 9.17) is 16.3 Å². The Balaban J connectivity index is 1.32. The summed E-state index contributed by atoms with van der Waals surface area (Å²) in [6.07, 6.45) is 3.07. The van der Waals surface area contributed by atoms with Gasteiger partial charge in [-0.1, -0.05) is 17.7 Å². The number of hydrogen-bond acceptors (Lipinski definition) is 8. The van der Waals surface area contributed by atoms with Crippen LogP contribution >= 0.6 is 11.6 Å². The van der Waals surface area contributed by atoms with Crippen molar-refractivity contribution in [3.05, 3.63) is 70.4 Å². The molecule has 3 aromatic carbocycles. The van der Waals surface area contributed by atoms with Gasteiger partial charge in [0.25, 0.3) is 10.0 Å². The number of piperidine rings is 1. The third-order valence-electron chi connectivity index (χ3n) is 7.71. The number of methoxy groups -OCH3 is 1. The number of aliphatic hydroxyl groups is 1. The number of halogens is 3. The molecular formula is C29H28ClF2N5O4S. The van der Waals surface area contributed by atoms with Crippen LogP contribution in [-0.2, 0) is 16.4 Å². The lowest BCUT2D eigenvalue weighted by Crippen LogP contribution is -2.35. The van der Waals surface area contributed by atoms with Crippen LogP contribution in [0.15, 0.2) is 47.5 Å². The number of aliphatic hydroxyl groups excluding tert-OH is 1. The van der Waals surface area contributed by atoms with E-state index in [1.807, 2.05) is 0 Å². The van der Waals surface area contributed by atoms with Crippen LogP contribution in [0.25, 0.3) is 22.0 Å². The van der Waals surface area contributed by atoms with Crippen LogP contribution in [0.4, 0.5) is 20.4 Å². The minimum absolute atomic E-state index is 0.00895. The molecular weight excluding hydrogens is 588 g/mol. The van der Waals surface area contributed by atoms with Crippen molar-refractivity contribution in [2.75, 3.05) is 30.2 Å². The maximum absolute atomic E-state index is 15.8. The van der Waals surface area contributed by atoms with Gasteiger partial charge in [0.05, 0.1) is 39.9 Å². The van der Waals surface area contributed by atoms with Gasteiger partial charge in [0.15, 0.2) is 5.82 Å². The van der Waals surface area contributed by atoms with E-state index in [-0.39, 0.29) is 45.7 Å². The van der Waals surface area contributed by atoms with Gasteiger partial charge in [0.1, 0.15) is 11.6 Å². The maximum Gasteiger partial charge on any atom is 0.262 e. The van der Waals surface area contributed by atoms with Crippen LogP contribution in [0.5, 0.6) is 5.75 Å². The summed E-state index contributed by atoms with van der Waals surface area (Å²) in [6.45, 7) is 1.83. The topological polar surface area (TPSA) is 125 Å². The van der Waals surface area contributed by atoms with Gasteiger partial charge in [0, 0.05) is 23.2 Å². The summed E-state index contributed by atoms with van der Waals surface area (Å²) in [7, 11) is -3.02. The van der Waals surface area contributed by atoms with E-state index in [1.165, 1.54) is 19.2 Å². The number of anilines is 2. The largest absolute Gasteiger partial charge is 0.495 e. The highest BCUT2D eigenvalue weighted by atomic mass is 35.5. The van der Waals surface area contributed by atoms with Gasteiger partial charge < -0.3 is 20.5 Å². The van der Waals surface area contributed by atoms with E-state index >= 15 is 8.78 Å². The van der Waals surface area contributed by atoms with Crippen molar-refractivity contribution >= 4 is 44.2 Å². The number of ether oxygens (including phenoxy) is 1. The quantitative estimate of drug-likeness (QED) is 0.224. The molecule has 4 aromatic rings. The molecule has 1 aliphatic heterocycles. The molecule has 1 saturated heterocycles. The van der Waals surface area contributed by atoms with E-state index in [2.05, 4.69) is 25.3 Å². The molecule has 220 valence electrons. The summed E-state index contributed by atoms with van der Waals surface area (Å²) < 4.78 is 65.3. The molecule has 2 heterocycles. The zero-order valence-corrected chi connectivity index (χ0v) is 24.1. The number of nitrogens with zero attached hydrogens (tertiary/aromatic N) is 2. The van der Waals surface area contributed by atoms with Gasteiger partial charge in [-0.15, -0.1) is 0 Å². The molecule has 1 aliphatic carbocycles. The molecule has 0 radical (unpaired) electrons. The Bertz CT molecular complexity index is 1800. The first-order chi connectivity index (χ1) is 20.2. The lowest BCUT2D eigenvalue weighted by Gasteiger charge is -2.23. The predicted molar refractivity (Wildman–Crippen MR) is 156 cm³/mol. The summed E-state index contributed by atoms with van der Waals surface area (Å²) in [5.74, 6) is -1.27. The molecule has 4 N–H and O–H groups in total. The highest BCUT2D eigenvalue weighted by Gasteiger charge is 2.34. The molecule has 9 nitrogen and oxygen atoms in total. The number of fused-ring (bicyclic) bond motifs is 2. The van der Waals surface area contributed by atoms with E-state index in [9.17, 15) is 13.5 Å². The summed E-state index contributed by atoms with van der Waals surface area (Å²) in [4.78, 5) is 8.71. The molecule has 0 bridgehead atoms. The molecule has 6 rings (SSSR count). The summed E-state index contributed by atoms with van der Waals surface area (Å²) in [6, 6.07) is 8.22. The molecule has 0 amide bonds. The maximum atomic E-state index is 15.8. The van der Waals surface area contributed by atoms with Crippen LogP contribution in [-0.4, -0.2) is 49.7 Å². The van der Waals surface area contributed by atoms with Gasteiger partial charge in [-0.2, -0.15) is 0 Å². The fraction of sp³-hybridized carbons (Fsp3) is 0.310. The SMILES string of the molecule is COc1c(Cl)cc(S(=O)(=O)Nc2ccc(F)c(-c3ccc4nc(NC5CCNCC5)ncc4c3)c2F)c2c1C(O)CC2. The molecule has 0 saturated carbocycles. The zero-order valence-electron chi connectivity index (χ0n) is 22.5. The standard InChI is InChI=1S/C29H28ClF2N5O4S/c1-41-28-19(30)13-24(18-3-7-23(38)26(18)28)42(39,40)37-22-6-4-20(31)25(27(22)32)15-2-5-21-16(12-15)14-34-29(36-21)35-17-8-10-33-11-9-17/h2,4-6,12-14,17,23,33,37-38H,3,7-11H2,1H3,(H,34,35,36). The lowest BCUT2D eigenvalue weighted by atomic mass is 10.0. The van der Waals surface area contributed by atoms with Gasteiger partial charge in [-0.05, 0) is 80.2 Å². The van der Waals surface area contributed by atoms with Gasteiger partial charge in [-0.25, -0.2) is 27.2 Å². The number of hydrogen-bond donors (Lipinski definition) is 4. The average Bonchev–Trinajstić information content (AvgIpc) is 3.35. The van der Waals surface area contributed by atoms with E-state index in [1.54, 1.807) is 18.3 Å². The number of nitrogens with one attached hydrogen (secondary N) is 3. The van der Waals surface area contributed by atoms with Crippen LogP contribution in [0, 0.1) is 11.6 Å². The van der Waals surface area contributed by atoms with Crippen molar-refractivity contribution in [2.24, 2.45) is 0 Å². The molecule has 1 fully saturated rings. The predicted octanol–water partition coefficient (Wildman–Crippen LogP) is 5.18. The van der Waals surface area contributed by atoms with E-state index in [0.717, 1.165) is 38.1 Å². The third kappa shape index (κ3) is 5.24. The highest BCUT2D eigenvalue weighted by Crippen LogP contribution is 2.45. The van der Waals surface area contributed by atoms with Crippen molar-refractivity contribution in [3.8, 4) is 16.9 Å². The number of rotatable bonds is 7. The Morgan fingerprint density at radius 3 is 2.67 bits per heavy atom. The second-order valence-corrected chi connectivity index (χ2v) is 12.4. The van der Waals surface area contributed by atoms with Crippen molar-refractivity contribution in [1.82, 2.24) is 15.3 Å². The van der Waals surface area contributed by atoms with Crippen molar-refractivity contribution in [1.29, 1.82) is 0 Å². The van der Waals surface area contributed by atoms with Crippen molar-refractivity contribution in [2.45, 2.75) is 42.7 Å². The summed E-state index contributed by atoms with van der Waals surface area (Å²) in [5, 5.41) is 17.6. The molecule has 13 heteroatoms. The fourth-order valence-electron chi connectivity index (χ4n) is 5.65. The number of aromatic nitrogens is 2. The number of sulfonamides is 1. The lowest BCUT2D eigenvalue weighted by molar-refractivity contribution is 0.176. The second kappa shape index (κ2) is 11.3. The normalized spacial score (nSPS) is 17.3. The molecule has 1 aromatic heterocycles. The van der Waals surface area contributed by atoms with E-state index < -0.39 is 39.0 Å². The Morgan fingerprint density at radius 2 is 1.90 bits per heavy atom. The van der Waals surface area contributed by atoms with Crippen LogP contribution < -0.4 is 20.1 Å². The summed E-state index contributed by atoms with van der Waals surface area (Å²) in [5.41, 5.74) is 0.569. The molecule has 2 aliphatic rings.